The summed E-state index contributed by atoms with van der Waals surface area (Å²) in [6, 6.07) is 9.13. The summed E-state index contributed by atoms with van der Waals surface area (Å²) < 4.78 is 6.89. The Morgan fingerprint density at radius 2 is 2.05 bits per heavy atom. The van der Waals surface area contributed by atoms with Crippen molar-refractivity contribution >= 4 is 15.9 Å². The van der Waals surface area contributed by atoms with Gasteiger partial charge in [-0.15, -0.1) is 0 Å². The number of nitrogens with zero attached hydrogens (tertiary/aromatic N) is 1. The Labute approximate surface area is 130 Å². The van der Waals surface area contributed by atoms with E-state index in [-0.39, 0.29) is 0 Å². The SMILES string of the molecule is CCN(CCOc1cccc(Br)c1)C1CCC(N)CC1. The van der Waals surface area contributed by atoms with Crippen molar-refractivity contribution in [2.75, 3.05) is 19.7 Å². The molecule has 4 heteroatoms. The van der Waals surface area contributed by atoms with Gasteiger partial charge < -0.3 is 10.5 Å². The molecule has 0 unspecified atom stereocenters. The smallest absolute Gasteiger partial charge is 0.120 e. The van der Waals surface area contributed by atoms with E-state index in [2.05, 4.69) is 27.8 Å². The van der Waals surface area contributed by atoms with Gasteiger partial charge >= 0.3 is 0 Å². The predicted octanol–water partition coefficient (Wildman–Crippen LogP) is 3.42. The highest BCUT2D eigenvalue weighted by Crippen LogP contribution is 2.22. The lowest BCUT2D eigenvalue weighted by molar-refractivity contribution is 0.132. The zero-order valence-electron chi connectivity index (χ0n) is 12.2. The molecule has 0 aromatic heterocycles. The van der Waals surface area contributed by atoms with Crippen LogP contribution in [0.3, 0.4) is 0 Å². The summed E-state index contributed by atoms with van der Waals surface area (Å²) in [5.41, 5.74) is 5.98. The number of hydrogen-bond donors (Lipinski definition) is 1. The van der Waals surface area contributed by atoms with Crippen molar-refractivity contribution in [2.45, 2.75) is 44.7 Å². The number of benzene rings is 1. The molecule has 1 aromatic carbocycles. The van der Waals surface area contributed by atoms with Crippen LogP contribution in [0.5, 0.6) is 5.75 Å². The van der Waals surface area contributed by atoms with E-state index in [1.165, 1.54) is 12.8 Å². The van der Waals surface area contributed by atoms with Gasteiger partial charge in [0.05, 0.1) is 0 Å². The highest BCUT2D eigenvalue weighted by atomic mass is 79.9. The molecule has 0 aliphatic heterocycles. The summed E-state index contributed by atoms with van der Waals surface area (Å²) in [6.45, 7) is 5.05. The summed E-state index contributed by atoms with van der Waals surface area (Å²) in [6.07, 6.45) is 4.78. The van der Waals surface area contributed by atoms with Gasteiger partial charge in [-0.1, -0.05) is 28.9 Å². The van der Waals surface area contributed by atoms with E-state index in [1.54, 1.807) is 0 Å². The van der Waals surface area contributed by atoms with Gasteiger partial charge in [0.25, 0.3) is 0 Å². The van der Waals surface area contributed by atoms with E-state index in [4.69, 9.17) is 10.5 Å². The second-order valence-corrected chi connectivity index (χ2v) is 6.42. The molecule has 1 aromatic rings. The van der Waals surface area contributed by atoms with Crippen LogP contribution in [0, 0.1) is 0 Å². The van der Waals surface area contributed by atoms with E-state index >= 15 is 0 Å². The van der Waals surface area contributed by atoms with Crippen LogP contribution in [0.2, 0.25) is 0 Å². The molecular weight excluding hydrogens is 316 g/mol. The van der Waals surface area contributed by atoms with Crippen molar-refractivity contribution in [3.8, 4) is 5.75 Å². The van der Waals surface area contributed by atoms with E-state index in [0.29, 0.717) is 12.1 Å². The van der Waals surface area contributed by atoms with Gasteiger partial charge in [-0.05, 0) is 50.4 Å². The Hall–Kier alpha value is -0.580. The summed E-state index contributed by atoms with van der Waals surface area (Å²) >= 11 is 3.46. The minimum Gasteiger partial charge on any atom is -0.492 e. The highest BCUT2D eigenvalue weighted by molar-refractivity contribution is 9.10. The van der Waals surface area contributed by atoms with Crippen LogP contribution >= 0.6 is 15.9 Å². The average Bonchev–Trinajstić information content (AvgIpc) is 2.45. The predicted molar refractivity (Wildman–Crippen MR) is 87.1 cm³/mol. The minimum absolute atomic E-state index is 0.419. The van der Waals surface area contributed by atoms with Crippen molar-refractivity contribution in [2.24, 2.45) is 5.73 Å². The molecule has 1 saturated carbocycles. The van der Waals surface area contributed by atoms with Crippen LogP contribution in [0.4, 0.5) is 0 Å². The molecule has 2 N–H and O–H groups in total. The van der Waals surface area contributed by atoms with Crippen molar-refractivity contribution in [1.29, 1.82) is 0 Å². The zero-order valence-corrected chi connectivity index (χ0v) is 13.8. The fraction of sp³-hybridized carbons (Fsp3) is 0.625. The largest absolute Gasteiger partial charge is 0.492 e. The van der Waals surface area contributed by atoms with E-state index in [1.807, 2.05) is 24.3 Å². The molecule has 1 aliphatic rings. The van der Waals surface area contributed by atoms with Crippen LogP contribution in [-0.2, 0) is 0 Å². The number of hydrogen-bond acceptors (Lipinski definition) is 3. The monoisotopic (exact) mass is 340 g/mol. The molecular formula is C16H25BrN2O. The maximum absolute atomic E-state index is 5.98. The molecule has 0 atom stereocenters. The maximum atomic E-state index is 5.98. The van der Waals surface area contributed by atoms with Gasteiger partial charge in [-0.25, -0.2) is 0 Å². The third-order valence-electron chi connectivity index (χ3n) is 4.11. The quantitative estimate of drug-likeness (QED) is 0.862. The molecule has 112 valence electrons. The lowest BCUT2D eigenvalue weighted by atomic mass is 9.91. The summed E-state index contributed by atoms with van der Waals surface area (Å²) in [4.78, 5) is 2.53. The number of likely N-dealkylation sites (N-methyl/N-ethyl adjacent to an activating group) is 1. The zero-order chi connectivity index (χ0) is 14.4. The Morgan fingerprint density at radius 1 is 1.30 bits per heavy atom. The summed E-state index contributed by atoms with van der Waals surface area (Å²) in [5, 5.41) is 0. The number of halogens is 1. The molecule has 1 aliphatic carbocycles. The van der Waals surface area contributed by atoms with Crippen LogP contribution in [-0.4, -0.2) is 36.7 Å². The Balaban J connectivity index is 1.76. The molecule has 0 amide bonds. The minimum atomic E-state index is 0.419. The molecule has 0 bridgehead atoms. The van der Waals surface area contributed by atoms with E-state index in [0.717, 1.165) is 42.8 Å². The van der Waals surface area contributed by atoms with E-state index < -0.39 is 0 Å². The third kappa shape index (κ3) is 4.76. The number of rotatable bonds is 6. The Bertz CT molecular complexity index is 405. The number of nitrogens with two attached hydrogens (primary N) is 1. The molecule has 20 heavy (non-hydrogen) atoms. The summed E-state index contributed by atoms with van der Waals surface area (Å²) in [7, 11) is 0. The first-order valence-corrected chi connectivity index (χ1v) is 8.36. The van der Waals surface area contributed by atoms with Crippen LogP contribution in [0.25, 0.3) is 0 Å². The fourth-order valence-electron chi connectivity index (χ4n) is 2.90. The van der Waals surface area contributed by atoms with Crippen molar-refractivity contribution in [3.63, 3.8) is 0 Å². The van der Waals surface area contributed by atoms with Crippen LogP contribution in [0.1, 0.15) is 32.6 Å². The van der Waals surface area contributed by atoms with Crippen LogP contribution < -0.4 is 10.5 Å². The van der Waals surface area contributed by atoms with Gasteiger partial charge in [0.1, 0.15) is 12.4 Å². The molecule has 3 nitrogen and oxygen atoms in total. The average molecular weight is 341 g/mol. The molecule has 2 rings (SSSR count). The summed E-state index contributed by atoms with van der Waals surface area (Å²) in [5.74, 6) is 0.932. The van der Waals surface area contributed by atoms with Gasteiger partial charge in [0.2, 0.25) is 0 Å². The van der Waals surface area contributed by atoms with Crippen molar-refractivity contribution in [3.05, 3.63) is 28.7 Å². The topological polar surface area (TPSA) is 38.5 Å². The van der Waals surface area contributed by atoms with Gasteiger partial charge in [0.15, 0.2) is 0 Å². The molecule has 0 spiro atoms. The normalized spacial score (nSPS) is 23.0. The Kier molecular flexibility index (Phi) is 6.33. The third-order valence-corrected chi connectivity index (χ3v) is 4.60. The first-order chi connectivity index (χ1) is 9.69. The molecule has 0 heterocycles. The highest BCUT2D eigenvalue weighted by Gasteiger charge is 2.23. The fourth-order valence-corrected chi connectivity index (χ4v) is 3.28. The standard InChI is InChI=1S/C16H25BrN2O/c1-2-19(15-8-6-14(18)7-9-15)10-11-20-16-5-3-4-13(17)12-16/h3-5,12,14-15H,2,6-11,18H2,1H3. The molecule has 1 fully saturated rings. The lowest BCUT2D eigenvalue weighted by Gasteiger charge is -2.35. The second-order valence-electron chi connectivity index (χ2n) is 5.50. The first kappa shape index (κ1) is 15.8. The van der Waals surface area contributed by atoms with Gasteiger partial charge in [-0.2, -0.15) is 0 Å². The molecule has 0 radical (unpaired) electrons. The second kappa shape index (κ2) is 8.01. The van der Waals surface area contributed by atoms with Crippen molar-refractivity contribution < 1.29 is 4.74 Å². The van der Waals surface area contributed by atoms with Gasteiger partial charge in [0, 0.05) is 23.1 Å². The molecule has 0 saturated heterocycles. The number of ether oxygens (including phenoxy) is 1. The van der Waals surface area contributed by atoms with Gasteiger partial charge in [-0.3, -0.25) is 4.90 Å². The maximum Gasteiger partial charge on any atom is 0.120 e. The van der Waals surface area contributed by atoms with E-state index in [9.17, 15) is 0 Å². The van der Waals surface area contributed by atoms with Crippen LogP contribution in [0.15, 0.2) is 28.7 Å². The van der Waals surface area contributed by atoms with Crippen molar-refractivity contribution in [1.82, 2.24) is 4.90 Å². The lowest BCUT2D eigenvalue weighted by Crippen LogP contribution is -2.42. The first-order valence-electron chi connectivity index (χ1n) is 7.57. The Morgan fingerprint density at radius 3 is 2.70 bits per heavy atom.